The summed E-state index contributed by atoms with van der Waals surface area (Å²) < 4.78 is 2.42. The number of likely N-dealkylation sites (N-methyl/N-ethyl adjacent to an activating group) is 1. The van der Waals surface area contributed by atoms with Crippen LogP contribution in [0, 0.1) is 0 Å². The summed E-state index contributed by atoms with van der Waals surface area (Å²) in [4.78, 5) is 12.0. The molecule has 0 aliphatic carbocycles. The third-order valence-corrected chi connectivity index (χ3v) is 5.25. The lowest BCUT2D eigenvalue weighted by Gasteiger charge is -2.27. The Bertz CT molecular complexity index is 644. The Morgan fingerprint density at radius 2 is 2.27 bits per heavy atom. The summed E-state index contributed by atoms with van der Waals surface area (Å²) in [5.41, 5.74) is 2.11. The number of aromatic nitrogens is 3. The number of likely N-dealkylation sites (tertiary alicyclic amines) is 1. The van der Waals surface area contributed by atoms with E-state index in [-0.39, 0.29) is 0 Å². The lowest BCUT2D eigenvalue weighted by Crippen LogP contribution is -2.34. The van der Waals surface area contributed by atoms with Gasteiger partial charge in [0.1, 0.15) is 11.3 Å². The molecule has 4 heterocycles. The van der Waals surface area contributed by atoms with Crippen molar-refractivity contribution < 1.29 is 0 Å². The fraction of sp³-hybridized carbons (Fsp3) is 0.647. The normalized spacial score (nSPS) is 26.8. The number of nitrogens with one attached hydrogen (secondary N) is 1. The number of rotatable bonds is 3. The van der Waals surface area contributed by atoms with Gasteiger partial charge in [-0.25, -0.2) is 9.97 Å². The van der Waals surface area contributed by atoms with Crippen LogP contribution < -0.4 is 5.32 Å². The summed E-state index contributed by atoms with van der Waals surface area (Å²) in [5, 5.41) is 3.53. The van der Waals surface area contributed by atoms with Crippen molar-refractivity contribution in [3.05, 3.63) is 24.2 Å². The average Bonchev–Trinajstić information content (AvgIpc) is 3.12. The molecule has 1 N–H and O–H groups in total. The summed E-state index contributed by atoms with van der Waals surface area (Å²) in [6.45, 7) is 3.39. The Labute approximate surface area is 131 Å². The molecule has 2 aromatic rings. The van der Waals surface area contributed by atoms with E-state index in [1.807, 2.05) is 12.3 Å². The van der Waals surface area contributed by atoms with Gasteiger partial charge in [-0.1, -0.05) is 0 Å². The van der Waals surface area contributed by atoms with Gasteiger partial charge in [-0.3, -0.25) is 0 Å². The summed E-state index contributed by atoms with van der Waals surface area (Å²) >= 11 is 0. The third kappa shape index (κ3) is 2.52. The molecule has 0 saturated carbocycles. The Hall–Kier alpha value is -1.46. The minimum Gasteiger partial charge on any atom is -0.315 e. The number of piperidine rings is 1. The Balaban J connectivity index is 1.72. The molecule has 22 heavy (non-hydrogen) atoms. The van der Waals surface area contributed by atoms with Crippen LogP contribution in [0.1, 0.15) is 37.5 Å². The molecule has 2 fully saturated rings. The van der Waals surface area contributed by atoms with Gasteiger partial charge in [0.15, 0.2) is 5.65 Å². The first kappa shape index (κ1) is 14.2. The van der Waals surface area contributed by atoms with Crippen molar-refractivity contribution in [2.24, 2.45) is 0 Å². The van der Waals surface area contributed by atoms with E-state index in [0.29, 0.717) is 12.1 Å². The second-order valence-corrected chi connectivity index (χ2v) is 6.73. The number of imidazole rings is 1. The zero-order valence-corrected chi connectivity index (χ0v) is 13.3. The Morgan fingerprint density at radius 1 is 1.32 bits per heavy atom. The van der Waals surface area contributed by atoms with Gasteiger partial charge in [-0.2, -0.15) is 0 Å². The van der Waals surface area contributed by atoms with Crippen LogP contribution in [0.3, 0.4) is 0 Å². The number of pyridine rings is 1. The fourth-order valence-electron chi connectivity index (χ4n) is 4.01. The molecule has 0 amide bonds. The topological polar surface area (TPSA) is 46.0 Å². The summed E-state index contributed by atoms with van der Waals surface area (Å²) in [6, 6.07) is 5.21. The van der Waals surface area contributed by atoms with Crippen molar-refractivity contribution in [1.82, 2.24) is 24.8 Å². The predicted octanol–water partition coefficient (Wildman–Crippen LogP) is 1.99. The second kappa shape index (κ2) is 5.97. The van der Waals surface area contributed by atoms with E-state index < -0.39 is 0 Å². The molecule has 2 saturated heterocycles. The van der Waals surface area contributed by atoms with Crippen LogP contribution in [0.25, 0.3) is 11.2 Å². The first-order valence-corrected chi connectivity index (χ1v) is 8.56. The fourth-order valence-corrected chi connectivity index (χ4v) is 4.01. The van der Waals surface area contributed by atoms with Crippen molar-refractivity contribution in [1.29, 1.82) is 0 Å². The van der Waals surface area contributed by atoms with Gasteiger partial charge in [-0.15, -0.1) is 0 Å². The summed E-state index contributed by atoms with van der Waals surface area (Å²) in [6.07, 6.45) is 7.99. The van der Waals surface area contributed by atoms with Crippen LogP contribution in [-0.4, -0.2) is 52.2 Å². The van der Waals surface area contributed by atoms with Crippen LogP contribution in [0.5, 0.6) is 0 Å². The molecule has 5 heteroatoms. The van der Waals surface area contributed by atoms with E-state index in [1.54, 1.807) is 0 Å². The van der Waals surface area contributed by atoms with Crippen LogP contribution >= 0.6 is 0 Å². The Morgan fingerprint density at radius 3 is 3.05 bits per heavy atom. The molecule has 2 aromatic heterocycles. The van der Waals surface area contributed by atoms with Crippen LogP contribution in [-0.2, 0) is 6.42 Å². The van der Waals surface area contributed by atoms with E-state index in [4.69, 9.17) is 4.98 Å². The first-order valence-electron chi connectivity index (χ1n) is 8.56. The van der Waals surface area contributed by atoms with Crippen molar-refractivity contribution in [3.8, 4) is 0 Å². The van der Waals surface area contributed by atoms with Gasteiger partial charge in [0.05, 0.1) is 0 Å². The van der Waals surface area contributed by atoms with Crippen LogP contribution in [0.4, 0.5) is 0 Å². The Kier molecular flexibility index (Phi) is 3.84. The highest BCUT2D eigenvalue weighted by Gasteiger charge is 2.27. The summed E-state index contributed by atoms with van der Waals surface area (Å²) in [7, 11) is 2.24. The molecule has 5 nitrogen and oxygen atoms in total. The van der Waals surface area contributed by atoms with Crippen LogP contribution in [0.2, 0.25) is 0 Å². The van der Waals surface area contributed by atoms with E-state index in [1.165, 1.54) is 38.1 Å². The predicted molar refractivity (Wildman–Crippen MR) is 88.0 cm³/mol. The molecular formula is C17H25N5. The maximum Gasteiger partial charge on any atom is 0.160 e. The van der Waals surface area contributed by atoms with Crippen molar-refractivity contribution in [2.45, 2.75) is 44.2 Å². The molecule has 0 spiro atoms. The monoisotopic (exact) mass is 299 g/mol. The minimum absolute atomic E-state index is 0.496. The smallest absolute Gasteiger partial charge is 0.160 e. The quantitative estimate of drug-likeness (QED) is 0.941. The van der Waals surface area contributed by atoms with Gasteiger partial charge in [0, 0.05) is 31.2 Å². The molecular weight excluding hydrogens is 274 g/mol. The zero-order chi connectivity index (χ0) is 14.9. The standard InChI is InChI=1S/C17H25N5/c1-21-10-4-6-13(21)11-16-20-15-7-3-9-19-17(15)22(16)14-5-2-8-18-12-14/h3,7,9,13-14,18H,2,4-6,8,10-12H2,1H3. The average molecular weight is 299 g/mol. The molecule has 4 rings (SSSR count). The molecule has 0 aromatic carbocycles. The molecule has 2 unspecified atom stereocenters. The number of hydrogen-bond donors (Lipinski definition) is 1. The number of fused-ring (bicyclic) bond motifs is 1. The molecule has 0 bridgehead atoms. The SMILES string of the molecule is CN1CCCC1Cc1nc2cccnc2n1C1CCCNC1. The lowest BCUT2D eigenvalue weighted by molar-refractivity contribution is 0.297. The highest BCUT2D eigenvalue weighted by atomic mass is 15.2. The number of hydrogen-bond acceptors (Lipinski definition) is 4. The molecule has 2 atom stereocenters. The molecule has 2 aliphatic heterocycles. The first-order chi connectivity index (χ1) is 10.8. The van der Waals surface area contributed by atoms with Crippen LogP contribution in [0.15, 0.2) is 18.3 Å². The van der Waals surface area contributed by atoms with E-state index in [9.17, 15) is 0 Å². The van der Waals surface area contributed by atoms with E-state index in [0.717, 1.165) is 30.7 Å². The maximum absolute atomic E-state index is 4.93. The van der Waals surface area contributed by atoms with Crippen molar-refractivity contribution >= 4 is 11.2 Å². The molecule has 2 aliphatic rings. The van der Waals surface area contributed by atoms with E-state index in [2.05, 4.69) is 32.9 Å². The maximum atomic E-state index is 4.93. The van der Waals surface area contributed by atoms with Gasteiger partial charge < -0.3 is 14.8 Å². The minimum atomic E-state index is 0.496. The largest absolute Gasteiger partial charge is 0.315 e. The summed E-state index contributed by atoms with van der Waals surface area (Å²) in [5.74, 6) is 1.22. The van der Waals surface area contributed by atoms with Gasteiger partial charge in [0.2, 0.25) is 0 Å². The third-order valence-electron chi connectivity index (χ3n) is 5.25. The van der Waals surface area contributed by atoms with E-state index >= 15 is 0 Å². The highest BCUT2D eigenvalue weighted by Crippen LogP contribution is 2.27. The van der Waals surface area contributed by atoms with Crippen molar-refractivity contribution in [2.75, 3.05) is 26.7 Å². The van der Waals surface area contributed by atoms with Gasteiger partial charge >= 0.3 is 0 Å². The second-order valence-electron chi connectivity index (χ2n) is 6.73. The molecule has 0 radical (unpaired) electrons. The number of nitrogens with zero attached hydrogens (tertiary/aromatic N) is 4. The lowest BCUT2D eigenvalue weighted by atomic mass is 10.1. The highest BCUT2D eigenvalue weighted by molar-refractivity contribution is 5.71. The van der Waals surface area contributed by atoms with Crippen molar-refractivity contribution in [3.63, 3.8) is 0 Å². The van der Waals surface area contributed by atoms with Gasteiger partial charge in [0.25, 0.3) is 0 Å². The van der Waals surface area contributed by atoms with Gasteiger partial charge in [-0.05, 0) is 58.0 Å². The molecule has 118 valence electrons. The zero-order valence-electron chi connectivity index (χ0n) is 13.3.